The fourth-order valence-corrected chi connectivity index (χ4v) is 3.35. The van der Waals surface area contributed by atoms with Gasteiger partial charge in [0.15, 0.2) is 5.78 Å². The number of pyridine rings is 2. The minimum Gasteiger partial charge on any atom is -0.462 e. The van der Waals surface area contributed by atoms with Crippen molar-refractivity contribution in [3.8, 4) is 11.1 Å². The van der Waals surface area contributed by atoms with Gasteiger partial charge in [-0.05, 0) is 33.8 Å². The average molecular weight is 350 g/mol. The number of hydrogen-bond acceptors (Lipinski definition) is 5. The molecule has 1 aliphatic rings. The Morgan fingerprint density at radius 2 is 2.00 bits per heavy atom. The molecule has 0 amide bonds. The van der Waals surface area contributed by atoms with Crippen molar-refractivity contribution in [2.45, 2.75) is 40.5 Å². The summed E-state index contributed by atoms with van der Waals surface area (Å²) in [5.41, 5.74) is 5.73. The molecule has 2 aromatic rings. The van der Waals surface area contributed by atoms with Gasteiger partial charge in [0.25, 0.3) is 0 Å². The maximum absolute atomic E-state index is 13.0. The smallest absolute Gasteiger partial charge is 0.340 e. The molecule has 26 heavy (non-hydrogen) atoms. The van der Waals surface area contributed by atoms with Gasteiger partial charge < -0.3 is 4.74 Å². The van der Waals surface area contributed by atoms with Gasteiger partial charge in [-0.25, -0.2) is 4.79 Å². The predicted octanol–water partition coefficient (Wildman–Crippen LogP) is 4.09. The number of aromatic nitrogens is 2. The van der Waals surface area contributed by atoms with E-state index >= 15 is 0 Å². The van der Waals surface area contributed by atoms with E-state index in [0.29, 0.717) is 35.2 Å². The molecule has 134 valence electrons. The molecule has 0 aromatic carbocycles. The number of rotatable bonds is 3. The summed E-state index contributed by atoms with van der Waals surface area (Å²) in [6.07, 6.45) is 4.31. The van der Waals surface area contributed by atoms with Crippen molar-refractivity contribution in [3.63, 3.8) is 0 Å². The quantitative estimate of drug-likeness (QED) is 0.616. The number of ketones is 1. The minimum absolute atomic E-state index is 0.0145. The fraction of sp³-hybridized carbons (Fsp3) is 0.333. The topological polar surface area (TPSA) is 69.2 Å². The summed E-state index contributed by atoms with van der Waals surface area (Å²) in [6.45, 7) is 7.82. The number of carbonyl (C=O) groups excluding carboxylic acids is 2. The second-order valence-corrected chi connectivity index (χ2v) is 6.61. The molecule has 0 saturated heterocycles. The van der Waals surface area contributed by atoms with Crippen LogP contribution in [0.25, 0.3) is 11.1 Å². The first-order valence-corrected chi connectivity index (χ1v) is 8.73. The van der Waals surface area contributed by atoms with E-state index in [2.05, 4.69) is 9.97 Å². The number of nitrogens with zero attached hydrogens (tertiary/aromatic N) is 2. The van der Waals surface area contributed by atoms with E-state index in [0.717, 1.165) is 22.4 Å². The third kappa shape index (κ3) is 3.17. The summed E-state index contributed by atoms with van der Waals surface area (Å²) < 4.78 is 5.24. The number of fused-ring (bicyclic) bond motifs is 1. The van der Waals surface area contributed by atoms with E-state index in [1.165, 1.54) is 0 Å². The average Bonchev–Trinajstić information content (AvgIpc) is 2.61. The molecule has 0 atom stereocenters. The lowest BCUT2D eigenvalue weighted by molar-refractivity contribution is 0.0526. The van der Waals surface area contributed by atoms with Crippen LogP contribution in [0.2, 0.25) is 0 Å². The lowest BCUT2D eigenvalue weighted by Gasteiger charge is -2.24. The Balaban J connectivity index is 2.33. The van der Waals surface area contributed by atoms with E-state index in [4.69, 9.17) is 4.74 Å². The van der Waals surface area contributed by atoms with Gasteiger partial charge in [0.1, 0.15) is 0 Å². The van der Waals surface area contributed by atoms with Gasteiger partial charge in [0, 0.05) is 41.9 Å². The number of carbonyl (C=O) groups is 2. The molecular formula is C21H22N2O3. The monoisotopic (exact) mass is 350 g/mol. The van der Waals surface area contributed by atoms with E-state index in [1.807, 2.05) is 19.9 Å². The Hall–Kier alpha value is -2.82. The molecule has 3 rings (SSSR count). The number of esters is 1. The molecule has 0 saturated carbocycles. The Bertz CT molecular complexity index is 911. The van der Waals surface area contributed by atoms with Crippen LogP contribution in [0.4, 0.5) is 0 Å². The second kappa shape index (κ2) is 7.20. The van der Waals surface area contributed by atoms with E-state index < -0.39 is 5.97 Å². The first-order chi connectivity index (χ1) is 12.4. The molecule has 0 spiro atoms. The summed E-state index contributed by atoms with van der Waals surface area (Å²) in [7, 11) is 0. The van der Waals surface area contributed by atoms with Gasteiger partial charge >= 0.3 is 5.97 Å². The Kier molecular flexibility index (Phi) is 4.98. The molecule has 5 heteroatoms. The fourth-order valence-electron chi connectivity index (χ4n) is 3.35. The van der Waals surface area contributed by atoms with Crippen molar-refractivity contribution in [3.05, 3.63) is 58.2 Å². The van der Waals surface area contributed by atoms with Crippen molar-refractivity contribution in [1.82, 2.24) is 9.97 Å². The number of hydrogen-bond donors (Lipinski definition) is 0. The van der Waals surface area contributed by atoms with Crippen LogP contribution in [0.5, 0.6) is 0 Å². The van der Waals surface area contributed by atoms with Gasteiger partial charge in [0.2, 0.25) is 0 Å². The van der Waals surface area contributed by atoms with Crippen molar-refractivity contribution in [2.75, 3.05) is 6.61 Å². The largest absolute Gasteiger partial charge is 0.462 e. The van der Waals surface area contributed by atoms with Gasteiger partial charge in [-0.3, -0.25) is 14.8 Å². The molecule has 0 radical (unpaired) electrons. The lowest BCUT2D eigenvalue weighted by Crippen LogP contribution is -2.21. The van der Waals surface area contributed by atoms with Crippen molar-refractivity contribution in [1.29, 1.82) is 0 Å². The Morgan fingerprint density at radius 3 is 2.62 bits per heavy atom. The van der Waals surface area contributed by atoms with Crippen LogP contribution >= 0.6 is 0 Å². The van der Waals surface area contributed by atoms with Crippen LogP contribution in [0, 0.1) is 6.92 Å². The zero-order valence-electron chi connectivity index (χ0n) is 15.5. The van der Waals surface area contributed by atoms with Crippen LogP contribution in [-0.4, -0.2) is 28.3 Å². The van der Waals surface area contributed by atoms with Crippen LogP contribution in [0.1, 0.15) is 59.3 Å². The van der Waals surface area contributed by atoms with Gasteiger partial charge in [-0.15, -0.1) is 0 Å². The predicted molar refractivity (Wildman–Crippen MR) is 99.2 cm³/mol. The molecule has 2 heterocycles. The minimum atomic E-state index is -0.458. The number of aryl methyl sites for hydroxylation is 1. The van der Waals surface area contributed by atoms with Crippen LogP contribution in [-0.2, 0) is 11.2 Å². The molecular weight excluding hydrogens is 328 g/mol. The first-order valence-electron chi connectivity index (χ1n) is 8.73. The van der Waals surface area contributed by atoms with Crippen LogP contribution in [0.3, 0.4) is 0 Å². The maximum Gasteiger partial charge on any atom is 0.340 e. The van der Waals surface area contributed by atoms with E-state index in [9.17, 15) is 9.59 Å². The molecule has 0 N–H and O–H groups in total. The van der Waals surface area contributed by atoms with Crippen molar-refractivity contribution < 1.29 is 14.3 Å². The first kappa shape index (κ1) is 18.0. The molecule has 2 aromatic heterocycles. The van der Waals surface area contributed by atoms with Crippen LogP contribution < -0.4 is 0 Å². The lowest BCUT2D eigenvalue weighted by atomic mass is 9.82. The third-order valence-corrected chi connectivity index (χ3v) is 4.62. The van der Waals surface area contributed by atoms with E-state index in [-0.39, 0.29) is 12.4 Å². The highest BCUT2D eigenvalue weighted by Crippen LogP contribution is 2.37. The summed E-state index contributed by atoms with van der Waals surface area (Å²) in [5.74, 6) is -0.473. The number of ether oxygens (including phenoxy) is 1. The highest BCUT2D eigenvalue weighted by atomic mass is 16.5. The standard InChI is InChI=1S/C21H22N2O3/c1-5-26-21(25)18-13(4)23-16-9-15(12(2)3)10-17(24)20(16)19(18)14-7-6-8-22-11-14/h6-8,11H,5,9-10H2,1-4H3. The summed E-state index contributed by atoms with van der Waals surface area (Å²) >= 11 is 0. The summed E-state index contributed by atoms with van der Waals surface area (Å²) in [4.78, 5) is 34.4. The highest BCUT2D eigenvalue weighted by Gasteiger charge is 2.31. The Labute approximate surface area is 153 Å². The molecule has 0 unspecified atom stereocenters. The van der Waals surface area contributed by atoms with Gasteiger partial charge in [-0.2, -0.15) is 0 Å². The normalized spacial score (nSPS) is 13.4. The highest BCUT2D eigenvalue weighted by molar-refractivity contribution is 6.11. The second-order valence-electron chi connectivity index (χ2n) is 6.61. The number of allylic oxidation sites excluding steroid dienone is 2. The zero-order valence-corrected chi connectivity index (χ0v) is 15.5. The molecule has 0 aliphatic heterocycles. The Morgan fingerprint density at radius 1 is 1.23 bits per heavy atom. The molecule has 5 nitrogen and oxygen atoms in total. The maximum atomic E-state index is 13.0. The van der Waals surface area contributed by atoms with E-state index in [1.54, 1.807) is 32.3 Å². The summed E-state index contributed by atoms with van der Waals surface area (Å²) in [5, 5.41) is 0. The number of Topliss-reactive ketones (excluding diaryl/α,β-unsaturated/α-hetero) is 1. The molecule has 0 fully saturated rings. The third-order valence-electron chi connectivity index (χ3n) is 4.62. The van der Waals surface area contributed by atoms with Crippen molar-refractivity contribution in [2.24, 2.45) is 0 Å². The van der Waals surface area contributed by atoms with Crippen molar-refractivity contribution >= 4 is 11.8 Å². The van der Waals surface area contributed by atoms with Crippen LogP contribution in [0.15, 0.2) is 35.7 Å². The zero-order chi connectivity index (χ0) is 18.8. The molecule has 0 bridgehead atoms. The summed E-state index contributed by atoms with van der Waals surface area (Å²) in [6, 6.07) is 3.65. The van der Waals surface area contributed by atoms with Gasteiger partial charge in [-0.1, -0.05) is 17.2 Å². The molecule has 1 aliphatic carbocycles. The van der Waals surface area contributed by atoms with Gasteiger partial charge in [0.05, 0.1) is 23.6 Å². The SMILES string of the molecule is CCOC(=O)c1c(C)nc2c(c1-c1cccnc1)C(=O)CC(=C(C)C)C2.